The second-order valence-electron chi connectivity index (χ2n) is 18.1. The molecule has 0 atom stereocenters. The van der Waals surface area contributed by atoms with Crippen LogP contribution < -0.4 is 31.2 Å². The van der Waals surface area contributed by atoms with E-state index in [-0.39, 0.29) is 0 Å². The molecule has 428 valence electrons. The van der Waals surface area contributed by atoms with Crippen molar-refractivity contribution in [2.45, 2.75) is 75.7 Å². The Morgan fingerprint density at radius 1 is 0.400 bits per heavy atom. The van der Waals surface area contributed by atoms with Crippen LogP contribution in [0.2, 0.25) is 0 Å². The van der Waals surface area contributed by atoms with Crippen LogP contribution in [0.4, 0.5) is 105 Å². The van der Waals surface area contributed by atoms with Gasteiger partial charge in [-0.1, -0.05) is 105 Å². The zero-order valence-corrected chi connectivity index (χ0v) is 40.1. The summed E-state index contributed by atoms with van der Waals surface area (Å²) in [4.78, 5) is 4.29. The topological polar surface area (TPSA) is 26.0 Å². The van der Waals surface area contributed by atoms with Crippen LogP contribution in [-0.4, -0.2) is 11.1 Å². The first-order chi connectivity index (χ1) is 36.5. The summed E-state index contributed by atoms with van der Waals surface area (Å²) in [5, 5.41) is 0. The molecular weight excluding hydrogens is 1140 g/mol. The molecule has 0 amide bonds. The molecule has 0 fully saturated rings. The number of hydrogen-bond acceptors (Lipinski definition) is 2. The number of alkyl halides is 24. The lowest BCUT2D eigenvalue weighted by molar-refractivity contribution is -0.689. The van der Waals surface area contributed by atoms with Crippen LogP contribution in [0.1, 0.15) is 75.4 Å². The van der Waals surface area contributed by atoms with Gasteiger partial charge in [0.2, 0.25) is 6.20 Å². The molecule has 7 rings (SSSR count). The second kappa shape index (κ2) is 21.9. The normalized spacial score (nSPS) is 13.3. The van der Waals surface area contributed by atoms with Crippen LogP contribution in [0.5, 0.6) is 11.6 Å². The van der Waals surface area contributed by atoms with Gasteiger partial charge in [-0.15, -0.1) is 0 Å². The van der Waals surface area contributed by atoms with E-state index in [4.69, 9.17) is 4.74 Å². The number of halogens is 24. The summed E-state index contributed by atoms with van der Waals surface area (Å²) in [7, 11) is 0. The Morgan fingerprint density at radius 2 is 0.688 bits per heavy atom. The van der Waals surface area contributed by atoms with Gasteiger partial charge >= 0.3 is 49.4 Å². The minimum atomic E-state index is -6.13. The lowest BCUT2D eigenvalue weighted by Crippen LogP contribution is -2.75. The summed E-state index contributed by atoms with van der Waals surface area (Å²) in [5.74, 6) is 1.92. The molecule has 0 bridgehead atoms. The van der Waals surface area contributed by atoms with Crippen LogP contribution in [0, 0.1) is 0 Å². The van der Waals surface area contributed by atoms with E-state index in [0.29, 0.717) is 11.8 Å². The number of benzene rings is 6. The molecule has 0 saturated carbocycles. The molecule has 0 radical (unpaired) electrons. The zero-order chi connectivity index (χ0) is 60.0. The molecule has 1 heterocycles. The third kappa shape index (κ3) is 14.7. The van der Waals surface area contributed by atoms with Gasteiger partial charge in [-0.2, -0.15) is 132 Å². The van der Waals surface area contributed by atoms with Crippen molar-refractivity contribution in [2.75, 3.05) is 0 Å². The smallest absolute Gasteiger partial charge is 0.416 e. The van der Waals surface area contributed by atoms with Crippen molar-refractivity contribution in [3.8, 4) is 11.6 Å². The second-order valence-corrected chi connectivity index (χ2v) is 18.1. The fourth-order valence-corrected chi connectivity index (χ4v) is 8.47. The van der Waals surface area contributed by atoms with Gasteiger partial charge in [0.1, 0.15) is 11.9 Å². The van der Waals surface area contributed by atoms with E-state index in [0.717, 1.165) is 12.3 Å². The molecule has 0 aliphatic rings. The number of ether oxygens (including phenoxy) is 1. The molecule has 28 heteroatoms. The molecule has 6 aromatic carbocycles. The first kappa shape index (κ1) is 61.8. The van der Waals surface area contributed by atoms with Crippen LogP contribution in [0.15, 0.2) is 146 Å². The molecule has 0 spiro atoms. The summed E-state index contributed by atoms with van der Waals surface area (Å²) in [6.07, 6.45) is -49.2. The van der Waals surface area contributed by atoms with Crippen molar-refractivity contribution in [1.82, 2.24) is 4.98 Å². The van der Waals surface area contributed by atoms with Crippen molar-refractivity contribution < 1.29 is 115 Å². The van der Waals surface area contributed by atoms with E-state index in [1.165, 1.54) is 11.1 Å². The van der Waals surface area contributed by atoms with Gasteiger partial charge < -0.3 is 4.74 Å². The maximum absolute atomic E-state index is 14.2. The molecule has 7 aromatic rings. The Kier molecular flexibility index (Phi) is 16.9. The molecule has 0 saturated heterocycles. The van der Waals surface area contributed by atoms with Gasteiger partial charge in [0.05, 0.1) is 50.7 Å². The predicted octanol–water partition coefficient (Wildman–Crippen LogP) is 15.5. The van der Waals surface area contributed by atoms with E-state index in [9.17, 15) is 105 Å². The molecule has 80 heavy (non-hydrogen) atoms. The third-order valence-electron chi connectivity index (χ3n) is 12.2. The van der Waals surface area contributed by atoms with Gasteiger partial charge in [0, 0.05) is 5.56 Å². The first-order valence-electron chi connectivity index (χ1n) is 22.5. The van der Waals surface area contributed by atoms with Crippen molar-refractivity contribution in [3.63, 3.8) is 0 Å². The van der Waals surface area contributed by atoms with Crippen molar-refractivity contribution in [3.05, 3.63) is 202 Å². The molecule has 0 unspecified atom stereocenters. The van der Waals surface area contributed by atoms with Gasteiger partial charge in [0.25, 0.3) is 5.88 Å². The highest BCUT2D eigenvalue weighted by atomic mass is 19.4. The van der Waals surface area contributed by atoms with Crippen LogP contribution in [0.3, 0.4) is 0 Å². The fraction of sp³-hybridized carbons (Fsp3) is 0.231. The minimum absolute atomic E-state index is 0.520. The van der Waals surface area contributed by atoms with Gasteiger partial charge in [-0.05, 0) is 47.9 Å². The summed E-state index contributed by atoms with van der Waals surface area (Å²) in [5.41, 5.74) is -27.7. The van der Waals surface area contributed by atoms with E-state index in [1.54, 1.807) is 6.20 Å². The first-order valence-corrected chi connectivity index (χ1v) is 22.5. The lowest BCUT2D eigenvalue weighted by Gasteiger charge is -2.46. The largest absolute Gasteiger partial charge is 0.434 e. The summed E-state index contributed by atoms with van der Waals surface area (Å²) in [6.45, 7) is 5.16. The van der Waals surface area contributed by atoms with E-state index in [1.807, 2.05) is 42.7 Å². The number of nitrogens with zero attached hydrogens (tertiary/aromatic N) is 2. The molecule has 0 N–H and O–H groups in total. The number of aromatic nitrogens is 2. The average molecular weight is 1170 g/mol. The third-order valence-corrected chi connectivity index (χ3v) is 12.2. The lowest BCUT2D eigenvalue weighted by atomic mass is 9.12. The van der Waals surface area contributed by atoms with Crippen LogP contribution in [0.25, 0.3) is 0 Å². The molecule has 0 aliphatic heterocycles. The SMILES string of the molecule is CC(C)c1ccc(Oc2c[n+](Cc3ccccc3)ccn2)cc1.FC(F)(F)c1cc([B-](c2cc(C(F)(F)F)cc(C(F)(F)F)c2)(c2cc(C(F)(F)F)cc(C(F)(F)F)c2)c2cc(C(F)(F)F)cc(C(F)(F)F)c2)cc(C(F)(F)F)c1. The Balaban J connectivity index is 0.000000370. The van der Waals surface area contributed by atoms with Crippen molar-refractivity contribution >= 4 is 28.0 Å². The van der Waals surface area contributed by atoms with Crippen molar-refractivity contribution in [2.24, 2.45) is 0 Å². The quantitative estimate of drug-likeness (QED) is 0.0818. The van der Waals surface area contributed by atoms with Crippen LogP contribution >= 0.6 is 0 Å². The molecule has 0 aliphatic carbocycles. The Morgan fingerprint density at radius 3 is 0.950 bits per heavy atom. The molecule has 3 nitrogen and oxygen atoms in total. The minimum Gasteiger partial charge on any atom is -0.434 e. The highest BCUT2D eigenvalue weighted by Crippen LogP contribution is 2.41. The Labute approximate surface area is 436 Å². The molecule has 1 aromatic heterocycles. The van der Waals surface area contributed by atoms with E-state index in [2.05, 4.69) is 47.7 Å². The Bertz CT molecular complexity index is 2860. The summed E-state index contributed by atoms with van der Waals surface area (Å²) in [6, 6.07) is 9.71. The fourth-order valence-electron chi connectivity index (χ4n) is 8.47. The van der Waals surface area contributed by atoms with Crippen LogP contribution in [-0.2, 0) is 56.0 Å². The van der Waals surface area contributed by atoms with E-state index < -0.39 is 195 Å². The standard InChI is InChI=1S/C32H12BF24.C20H21N2O/c34-25(35,36)13-1-14(26(37,38)39)6-21(5-13)33(22-7-15(27(40,41)42)2-16(8-22)28(43,44)45,23-9-17(29(46,47)48)3-18(10-23)30(49,50)51)24-11-19(31(52,53)54)4-20(12-24)32(55,56)57;1-16(2)18-8-10-19(11-9-18)23-20-15-22(13-12-21-20)14-17-6-4-3-5-7-17/h1-12H;3-13,15-16H,14H2,1-2H3/q-1;+1. The van der Waals surface area contributed by atoms with Crippen molar-refractivity contribution in [1.29, 1.82) is 0 Å². The highest BCUT2D eigenvalue weighted by Gasteiger charge is 2.47. The number of hydrogen-bond donors (Lipinski definition) is 0. The average Bonchev–Trinajstić information content (AvgIpc) is 3.47. The number of rotatable bonds is 9. The van der Waals surface area contributed by atoms with Gasteiger partial charge in [-0.3, -0.25) is 0 Å². The maximum Gasteiger partial charge on any atom is 0.416 e. The van der Waals surface area contributed by atoms with Gasteiger partial charge in [-0.25, -0.2) is 4.98 Å². The zero-order valence-electron chi connectivity index (χ0n) is 40.1. The predicted molar refractivity (Wildman–Crippen MR) is 241 cm³/mol. The monoisotopic (exact) mass is 1170 g/mol. The highest BCUT2D eigenvalue weighted by molar-refractivity contribution is 7.20. The summed E-state index contributed by atoms with van der Waals surface area (Å²) < 4.78 is 349. The Hall–Kier alpha value is -7.42. The summed E-state index contributed by atoms with van der Waals surface area (Å²) >= 11 is 0. The molecular formula is C52H33BF24N2O. The van der Waals surface area contributed by atoms with Gasteiger partial charge in [0.15, 0.2) is 12.7 Å². The maximum atomic E-state index is 14.2. The van der Waals surface area contributed by atoms with E-state index >= 15 is 0 Å².